The Bertz CT molecular complexity index is 232. The highest BCUT2D eigenvalue weighted by atomic mass is 19.3. The number of halogens is 2. The Morgan fingerprint density at radius 3 is 2.72 bits per heavy atom. The van der Waals surface area contributed by atoms with Gasteiger partial charge in [0.15, 0.2) is 0 Å². The summed E-state index contributed by atoms with van der Waals surface area (Å²) < 4.78 is 28.6. The predicted octanol–water partition coefficient (Wildman–Crippen LogP) is 1.98. The zero-order chi connectivity index (χ0) is 13.6. The van der Waals surface area contributed by atoms with Gasteiger partial charge < -0.3 is 15.0 Å². The molecule has 3 nitrogen and oxygen atoms in total. The summed E-state index contributed by atoms with van der Waals surface area (Å²) in [4.78, 5) is 2.29. The van der Waals surface area contributed by atoms with Crippen molar-refractivity contribution < 1.29 is 13.5 Å². The summed E-state index contributed by atoms with van der Waals surface area (Å²) in [5, 5.41) is 3.51. The Labute approximate surface area is 109 Å². The number of alkyl halides is 2. The molecule has 0 aromatic rings. The highest BCUT2D eigenvalue weighted by molar-refractivity contribution is 4.80. The second-order valence-corrected chi connectivity index (χ2v) is 6.05. The second kappa shape index (κ2) is 7.36. The van der Waals surface area contributed by atoms with E-state index in [1.165, 1.54) is 6.42 Å². The minimum Gasteiger partial charge on any atom is -0.374 e. The molecule has 1 rings (SSSR count). The van der Waals surface area contributed by atoms with Crippen molar-refractivity contribution in [2.24, 2.45) is 5.92 Å². The molecule has 1 unspecified atom stereocenters. The molecule has 1 aliphatic heterocycles. The van der Waals surface area contributed by atoms with Crippen molar-refractivity contribution in [2.75, 3.05) is 39.4 Å². The molecule has 108 valence electrons. The number of nitrogens with zero attached hydrogens (tertiary/aromatic N) is 1. The van der Waals surface area contributed by atoms with Crippen molar-refractivity contribution in [2.45, 2.75) is 39.2 Å². The van der Waals surface area contributed by atoms with Crippen molar-refractivity contribution in [3.05, 3.63) is 0 Å². The van der Waals surface area contributed by atoms with Crippen LogP contribution in [-0.2, 0) is 4.74 Å². The van der Waals surface area contributed by atoms with Gasteiger partial charge in [-0.05, 0) is 46.2 Å². The van der Waals surface area contributed by atoms with E-state index in [0.717, 1.165) is 26.2 Å². The molecule has 0 radical (unpaired) electrons. The van der Waals surface area contributed by atoms with Gasteiger partial charge in [0, 0.05) is 18.6 Å². The molecule has 1 fully saturated rings. The molecule has 1 aliphatic rings. The largest absolute Gasteiger partial charge is 0.374 e. The van der Waals surface area contributed by atoms with E-state index in [-0.39, 0.29) is 5.54 Å². The van der Waals surface area contributed by atoms with Gasteiger partial charge in [0.25, 0.3) is 6.43 Å². The summed E-state index contributed by atoms with van der Waals surface area (Å²) in [7, 11) is 0. The third-order valence-electron chi connectivity index (χ3n) is 3.09. The number of ether oxygens (including phenoxy) is 1. The molecule has 1 heterocycles. The third-order valence-corrected chi connectivity index (χ3v) is 3.09. The number of likely N-dealkylation sites (tertiary alicyclic amines) is 1. The van der Waals surface area contributed by atoms with E-state index in [1.54, 1.807) is 0 Å². The maximum Gasteiger partial charge on any atom is 0.261 e. The summed E-state index contributed by atoms with van der Waals surface area (Å²) in [6, 6.07) is 0. The first kappa shape index (κ1) is 15.8. The highest BCUT2D eigenvalue weighted by Crippen LogP contribution is 2.16. The number of nitrogens with one attached hydrogen (secondary N) is 1. The molecular weight excluding hydrogens is 238 g/mol. The summed E-state index contributed by atoms with van der Waals surface area (Å²) >= 11 is 0. The van der Waals surface area contributed by atoms with Gasteiger partial charge in [-0.15, -0.1) is 0 Å². The molecule has 0 bridgehead atoms. The van der Waals surface area contributed by atoms with Gasteiger partial charge in [0.05, 0.1) is 6.61 Å². The first-order valence-electron chi connectivity index (χ1n) is 6.70. The topological polar surface area (TPSA) is 24.5 Å². The molecule has 0 saturated carbocycles. The van der Waals surface area contributed by atoms with Gasteiger partial charge >= 0.3 is 0 Å². The monoisotopic (exact) mass is 264 g/mol. The molecule has 5 heteroatoms. The standard InChI is InChI=1S/C13H26F2N2O/c1-13(2,3)16-8-11-4-5-17(9-11)6-7-18-10-12(14)15/h11-12,16H,4-10H2,1-3H3. The van der Waals surface area contributed by atoms with Gasteiger partial charge in [-0.3, -0.25) is 0 Å². The molecular formula is C13H26F2N2O. The lowest BCUT2D eigenvalue weighted by atomic mass is 10.1. The number of hydrogen-bond acceptors (Lipinski definition) is 3. The Morgan fingerprint density at radius 1 is 1.39 bits per heavy atom. The molecule has 1 atom stereocenters. The highest BCUT2D eigenvalue weighted by Gasteiger charge is 2.23. The van der Waals surface area contributed by atoms with Crippen molar-refractivity contribution in [1.29, 1.82) is 0 Å². The van der Waals surface area contributed by atoms with Crippen molar-refractivity contribution >= 4 is 0 Å². The Kier molecular flexibility index (Phi) is 6.46. The van der Waals surface area contributed by atoms with E-state index in [0.29, 0.717) is 12.5 Å². The maximum absolute atomic E-state index is 11.9. The van der Waals surface area contributed by atoms with Crippen LogP contribution in [0.15, 0.2) is 0 Å². The summed E-state index contributed by atoms with van der Waals surface area (Å²) in [5.74, 6) is 0.666. The van der Waals surface area contributed by atoms with Crippen molar-refractivity contribution in [1.82, 2.24) is 10.2 Å². The van der Waals surface area contributed by atoms with Gasteiger partial charge in [-0.2, -0.15) is 0 Å². The van der Waals surface area contributed by atoms with Crippen LogP contribution in [0.1, 0.15) is 27.2 Å². The average molecular weight is 264 g/mol. The zero-order valence-electron chi connectivity index (χ0n) is 11.7. The molecule has 0 aromatic heterocycles. The summed E-state index contributed by atoms with van der Waals surface area (Å²) in [6.45, 7) is 10.3. The molecule has 0 amide bonds. The normalized spacial score (nSPS) is 22.0. The minimum atomic E-state index is -2.35. The van der Waals surface area contributed by atoms with Crippen LogP contribution in [0, 0.1) is 5.92 Å². The van der Waals surface area contributed by atoms with Gasteiger partial charge in [0.1, 0.15) is 6.61 Å². The minimum absolute atomic E-state index is 0.161. The molecule has 1 saturated heterocycles. The van der Waals surface area contributed by atoms with E-state index in [4.69, 9.17) is 4.74 Å². The quantitative estimate of drug-likeness (QED) is 0.712. The van der Waals surface area contributed by atoms with Gasteiger partial charge in [0.2, 0.25) is 0 Å². The molecule has 1 N–H and O–H groups in total. The van der Waals surface area contributed by atoms with Crippen LogP contribution in [0.3, 0.4) is 0 Å². The predicted molar refractivity (Wildman–Crippen MR) is 69.1 cm³/mol. The van der Waals surface area contributed by atoms with E-state index in [2.05, 4.69) is 31.0 Å². The summed E-state index contributed by atoms with van der Waals surface area (Å²) in [6.07, 6.45) is -1.18. The first-order valence-corrected chi connectivity index (χ1v) is 6.70. The average Bonchev–Trinajstić information content (AvgIpc) is 2.68. The second-order valence-electron chi connectivity index (χ2n) is 6.05. The fraction of sp³-hybridized carbons (Fsp3) is 1.00. The van der Waals surface area contributed by atoms with E-state index >= 15 is 0 Å². The smallest absolute Gasteiger partial charge is 0.261 e. The van der Waals surface area contributed by atoms with Gasteiger partial charge in [-0.25, -0.2) is 8.78 Å². The van der Waals surface area contributed by atoms with Crippen LogP contribution in [-0.4, -0.2) is 56.3 Å². The number of rotatable bonds is 7. The van der Waals surface area contributed by atoms with Crippen LogP contribution in [0.25, 0.3) is 0 Å². The van der Waals surface area contributed by atoms with Crippen molar-refractivity contribution in [3.63, 3.8) is 0 Å². The third kappa shape index (κ3) is 7.24. The van der Waals surface area contributed by atoms with Crippen LogP contribution >= 0.6 is 0 Å². The fourth-order valence-electron chi connectivity index (χ4n) is 2.10. The molecule has 18 heavy (non-hydrogen) atoms. The summed E-state index contributed by atoms with van der Waals surface area (Å²) in [5.41, 5.74) is 0.161. The Morgan fingerprint density at radius 2 is 2.11 bits per heavy atom. The van der Waals surface area contributed by atoms with E-state index < -0.39 is 13.0 Å². The van der Waals surface area contributed by atoms with Crippen LogP contribution in [0.4, 0.5) is 8.78 Å². The van der Waals surface area contributed by atoms with E-state index in [1.807, 2.05) is 0 Å². The number of hydrogen-bond donors (Lipinski definition) is 1. The molecule has 0 spiro atoms. The van der Waals surface area contributed by atoms with Crippen LogP contribution in [0.5, 0.6) is 0 Å². The Hall–Kier alpha value is -0.260. The SMILES string of the molecule is CC(C)(C)NCC1CCN(CCOCC(F)F)C1. The first-order chi connectivity index (χ1) is 8.37. The van der Waals surface area contributed by atoms with Gasteiger partial charge in [-0.1, -0.05) is 0 Å². The van der Waals surface area contributed by atoms with E-state index in [9.17, 15) is 8.78 Å². The lowest BCUT2D eigenvalue weighted by molar-refractivity contribution is 0.0112. The van der Waals surface area contributed by atoms with Crippen LogP contribution in [0.2, 0.25) is 0 Å². The molecule has 0 aliphatic carbocycles. The lowest BCUT2D eigenvalue weighted by Gasteiger charge is -2.23. The maximum atomic E-state index is 11.9. The zero-order valence-corrected chi connectivity index (χ0v) is 11.7. The van der Waals surface area contributed by atoms with Crippen molar-refractivity contribution in [3.8, 4) is 0 Å². The fourth-order valence-corrected chi connectivity index (χ4v) is 2.10. The molecule has 0 aromatic carbocycles. The Balaban J connectivity index is 2.06. The van der Waals surface area contributed by atoms with Crippen LogP contribution < -0.4 is 5.32 Å². The lowest BCUT2D eigenvalue weighted by Crippen LogP contribution is -2.39.